The molecule has 0 unspecified atom stereocenters. The molecular formula is C26H24N8O2. The summed E-state index contributed by atoms with van der Waals surface area (Å²) in [5, 5.41) is 11.3. The van der Waals surface area contributed by atoms with Crippen molar-refractivity contribution in [3.05, 3.63) is 78.9 Å². The van der Waals surface area contributed by atoms with Crippen LogP contribution in [-0.4, -0.2) is 44.8 Å². The topological polar surface area (TPSA) is 117 Å². The minimum atomic E-state index is -0.299. The van der Waals surface area contributed by atoms with Crippen molar-refractivity contribution in [1.29, 1.82) is 0 Å². The summed E-state index contributed by atoms with van der Waals surface area (Å²) in [5.41, 5.74) is 9.91. The molecular weight excluding hydrogens is 456 g/mol. The lowest BCUT2D eigenvalue weighted by atomic mass is 10.1. The Morgan fingerprint density at radius 2 is 1.86 bits per heavy atom. The number of hydrogen-bond donors (Lipinski definition) is 3. The fraction of sp³-hybridized carbons (Fsp3) is 0.192. The van der Waals surface area contributed by atoms with Crippen LogP contribution in [0.1, 0.15) is 29.4 Å². The van der Waals surface area contributed by atoms with Crippen molar-refractivity contribution < 1.29 is 9.59 Å². The van der Waals surface area contributed by atoms with Gasteiger partial charge in [-0.25, -0.2) is 10.2 Å². The second kappa shape index (κ2) is 9.23. The second-order valence-electron chi connectivity index (χ2n) is 8.81. The molecule has 0 spiro atoms. The number of amides is 3. The van der Waals surface area contributed by atoms with E-state index >= 15 is 0 Å². The molecule has 2 aliphatic rings. The Bertz CT molecular complexity index is 1430. The van der Waals surface area contributed by atoms with E-state index in [0.29, 0.717) is 30.5 Å². The Morgan fingerprint density at radius 1 is 1.00 bits per heavy atom. The molecule has 1 saturated heterocycles. The average molecular weight is 481 g/mol. The quantitative estimate of drug-likeness (QED) is 0.388. The van der Waals surface area contributed by atoms with E-state index < -0.39 is 0 Å². The Labute approximate surface area is 207 Å². The first kappa shape index (κ1) is 21.9. The highest BCUT2D eigenvalue weighted by atomic mass is 16.2. The predicted octanol–water partition coefficient (Wildman–Crippen LogP) is 3.63. The Hall–Kier alpha value is -4.57. The summed E-state index contributed by atoms with van der Waals surface area (Å²) in [5.74, 6) is 0.502. The number of nitrogens with one attached hydrogen (secondary N) is 3. The summed E-state index contributed by atoms with van der Waals surface area (Å²) in [7, 11) is 0. The van der Waals surface area contributed by atoms with Gasteiger partial charge in [0.05, 0.1) is 0 Å². The van der Waals surface area contributed by atoms with Crippen LogP contribution < -0.4 is 21.1 Å². The SMILES string of the molecule is O=C(Nc1cccc(-c2nncn2C2CC2)c1)c1cc(-c2ccc(N3CCNNC3=O)cc2)ccn1. The first-order chi connectivity index (χ1) is 17.7. The van der Waals surface area contributed by atoms with Gasteiger partial charge in [-0.3, -0.25) is 20.1 Å². The molecule has 0 bridgehead atoms. The van der Waals surface area contributed by atoms with Gasteiger partial charge in [-0.05, 0) is 60.4 Å². The number of urea groups is 1. The van der Waals surface area contributed by atoms with Crippen LogP contribution in [0.5, 0.6) is 0 Å². The molecule has 180 valence electrons. The largest absolute Gasteiger partial charge is 0.336 e. The number of nitrogens with zero attached hydrogens (tertiary/aromatic N) is 5. The zero-order valence-corrected chi connectivity index (χ0v) is 19.4. The lowest BCUT2D eigenvalue weighted by Crippen LogP contribution is -2.55. The van der Waals surface area contributed by atoms with Crippen molar-refractivity contribution in [3.63, 3.8) is 0 Å². The summed E-state index contributed by atoms with van der Waals surface area (Å²) in [6.45, 7) is 1.25. The molecule has 10 nitrogen and oxygen atoms in total. The summed E-state index contributed by atoms with van der Waals surface area (Å²) >= 11 is 0. The maximum absolute atomic E-state index is 13.0. The predicted molar refractivity (Wildman–Crippen MR) is 135 cm³/mol. The fourth-order valence-corrected chi connectivity index (χ4v) is 4.29. The first-order valence-corrected chi connectivity index (χ1v) is 11.8. The Morgan fingerprint density at radius 3 is 2.67 bits per heavy atom. The molecule has 10 heteroatoms. The number of anilines is 2. The van der Waals surface area contributed by atoms with Crippen LogP contribution in [0.3, 0.4) is 0 Å². The third kappa shape index (κ3) is 4.41. The molecule has 3 amide bonds. The van der Waals surface area contributed by atoms with E-state index in [1.807, 2.05) is 54.6 Å². The Kier molecular flexibility index (Phi) is 5.62. The number of benzene rings is 2. The van der Waals surface area contributed by atoms with Crippen LogP contribution in [0.15, 0.2) is 73.2 Å². The number of carbonyl (C=O) groups is 2. The molecule has 1 aliphatic heterocycles. The van der Waals surface area contributed by atoms with Gasteiger partial charge in [-0.1, -0.05) is 24.3 Å². The highest BCUT2D eigenvalue weighted by molar-refractivity contribution is 6.03. The van der Waals surface area contributed by atoms with Gasteiger partial charge in [0.15, 0.2) is 5.82 Å². The van der Waals surface area contributed by atoms with Gasteiger partial charge in [0, 0.05) is 42.3 Å². The summed E-state index contributed by atoms with van der Waals surface area (Å²) in [6, 6.07) is 19.1. The van der Waals surface area contributed by atoms with Crippen LogP contribution in [0, 0.1) is 0 Å². The standard InChI is InChI=1S/C26H24N8O2/c35-25(30-20-3-1-2-19(14-20)24-31-29-16-34(24)22-8-9-22)23-15-18(10-11-27-23)17-4-6-21(7-5-17)33-13-12-28-32-26(33)36/h1-7,10-11,14-16,22,28H,8-9,12-13H2,(H,30,35)(H,32,36). The fourth-order valence-electron chi connectivity index (χ4n) is 4.29. The Balaban J connectivity index is 1.18. The van der Waals surface area contributed by atoms with Crippen LogP contribution in [0.4, 0.5) is 16.2 Å². The van der Waals surface area contributed by atoms with Gasteiger partial charge in [-0.15, -0.1) is 10.2 Å². The van der Waals surface area contributed by atoms with Crippen molar-refractivity contribution in [3.8, 4) is 22.5 Å². The van der Waals surface area contributed by atoms with Crippen molar-refractivity contribution in [2.75, 3.05) is 23.3 Å². The summed E-state index contributed by atoms with van der Waals surface area (Å²) in [4.78, 5) is 31.0. The van der Waals surface area contributed by atoms with E-state index in [1.165, 1.54) is 0 Å². The van der Waals surface area contributed by atoms with Gasteiger partial charge in [0.25, 0.3) is 5.91 Å². The maximum atomic E-state index is 13.0. The lowest BCUT2D eigenvalue weighted by molar-refractivity contribution is 0.102. The molecule has 0 atom stereocenters. The zero-order valence-electron chi connectivity index (χ0n) is 19.4. The number of carbonyl (C=O) groups excluding carboxylic acids is 2. The van der Waals surface area contributed by atoms with E-state index in [0.717, 1.165) is 41.0 Å². The minimum absolute atomic E-state index is 0.186. The number of pyridine rings is 1. The third-order valence-electron chi connectivity index (χ3n) is 6.30. The highest BCUT2D eigenvalue weighted by Crippen LogP contribution is 2.37. The normalized spacial score (nSPS) is 15.4. The van der Waals surface area contributed by atoms with Crippen LogP contribution in [0.25, 0.3) is 22.5 Å². The second-order valence-corrected chi connectivity index (χ2v) is 8.81. The maximum Gasteiger partial charge on any atom is 0.336 e. The molecule has 1 saturated carbocycles. The molecule has 2 aromatic heterocycles. The molecule has 3 N–H and O–H groups in total. The van der Waals surface area contributed by atoms with E-state index in [-0.39, 0.29) is 11.9 Å². The van der Waals surface area contributed by atoms with Gasteiger partial charge in [-0.2, -0.15) is 0 Å². The van der Waals surface area contributed by atoms with Crippen LogP contribution in [0.2, 0.25) is 0 Å². The third-order valence-corrected chi connectivity index (χ3v) is 6.30. The molecule has 0 radical (unpaired) electrons. The first-order valence-electron chi connectivity index (χ1n) is 11.8. The molecule has 2 fully saturated rings. The summed E-state index contributed by atoms with van der Waals surface area (Å²) in [6.07, 6.45) is 5.66. The average Bonchev–Trinajstić information content (AvgIpc) is 3.65. The zero-order chi connectivity index (χ0) is 24.5. The van der Waals surface area contributed by atoms with E-state index in [1.54, 1.807) is 23.5 Å². The number of hydrazine groups is 1. The summed E-state index contributed by atoms with van der Waals surface area (Å²) < 4.78 is 2.09. The van der Waals surface area contributed by atoms with Gasteiger partial charge < -0.3 is 9.88 Å². The number of aromatic nitrogens is 4. The molecule has 6 rings (SSSR count). The van der Waals surface area contributed by atoms with Crippen molar-refractivity contribution in [2.45, 2.75) is 18.9 Å². The van der Waals surface area contributed by atoms with Gasteiger partial charge >= 0.3 is 6.03 Å². The van der Waals surface area contributed by atoms with Crippen LogP contribution in [-0.2, 0) is 0 Å². The smallest absolute Gasteiger partial charge is 0.321 e. The molecule has 3 heterocycles. The van der Waals surface area contributed by atoms with Crippen molar-refractivity contribution in [2.24, 2.45) is 0 Å². The van der Waals surface area contributed by atoms with E-state index in [9.17, 15) is 9.59 Å². The molecule has 2 aromatic carbocycles. The molecule has 4 aromatic rings. The van der Waals surface area contributed by atoms with Gasteiger partial charge in [0.2, 0.25) is 0 Å². The highest BCUT2D eigenvalue weighted by Gasteiger charge is 2.26. The van der Waals surface area contributed by atoms with E-state index in [2.05, 4.69) is 35.9 Å². The van der Waals surface area contributed by atoms with Crippen LogP contribution >= 0.6 is 0 Å². The van der Waals surface area contributed by atoms with Crippen molar-refractivity contribution in [1.82, 2.24) is 30.6 Å². The number of hydrogen-bond acceptors (Lipinski definition) is 6. The monoisotopic (exact) mass is 480 g/mol. The lowest BCUT2D eigenvalue weighted by Gasteiger charge is -2.28. The van der Waals surface area contributed by atoms with Gasteiger partial charge in [0.1, 0.15) is 12.0 Å². The van der Waals surface area contributed by atoms with Crippen molar-refractivity contribution >= 4 is 23.3 Å². The minimum Gasteiger partial charge on any atom is -0.321 e. The number of rotatable bonds is 6. The molecule has 1 aliphatic carbocycles. The van der Waals surface area contributed by atoms with E-state index in [4.69, 9.17) is 0 Å². The molecule has 36 heavy (non-hydrogen) atoms.